The molecule has 0 aromatic rings. The van der Waals surface area contributed by atoms with Gasteiger partial charge in [0.15, 0.2) is 0 Å². The molecule has 0 heterocycles. The molecule has 0 aliphatic heterocycles. The molecule has 0 bridgehead atoms. The average Bonchev–Trinajstić information content (AvgIpc) is 2.50. The quantitative estimate of drug-likeness (QED) is 0.455. The van der Waals surface area contributed by atoms with Gasteiger partial charge in [-0.05, 0) is 57.9 Å². The molecule has 0 aromatic heterocycles. The van der Waals surface area contributed by atoms with Crippen LogP contribution in [0.25, 0.3) is 0 Å². The van der Waals surface area contributed by atoms with E-state index in [-0.39, 0.29) is 17.5 Å². The summed E-state index contributed by atoms with van der Waals surface area (Å²) in [6.07, 6.45) is 8.61. The molecular weight excluding hydrogens is 288 g/mol. The molecule has 0 amide bonds. The van der Waals surface area contributed by atoms with Gasteiger partial charge in [-0.3, -0.25) is 0 Å². The number of ether oxygens (including phenoxy) is 1. The molecule has 3 nitrogen and oxygen atoms in total. The highest BCUT2D eigenvalue weighted by Gasteiger charge is 2.27. The van der Waals surface area contributed by atoms with E-state index in [0.29, 0.717) is 12.0 Å². The lowest BCUT2D eigenvalue weighted by Crippen LogP contribution is -2.29. The average molecular weight is 320 g/mol. The van der Waals surface area contributed by atoms with Crippen LogP contribution in [0.3, 0.4) is 0 Å². The number of allylic oxidation sites excluding steroid dienone is 2. The van der Waals surface area contributed by atoms with Crippen LogP contribution in [-0.2, 0) is 9.53 Å². The Morgan fingerprint density at radius 2 is 2.04 bits per heavy atom. The molecule has 23 heavy (non-hydrogen) atoms. The van der Waals surface area contributed by atoms with Crippen molar-refractivity contribution in [3.63, 3.8) is 0 Å². The standard InChI is InChI=1S/C20H32O3/c1-7-15(3)19(22)23-17-11-10-14(2)9-8-12-20(5,6)18(21)13-16(17)4/h7,10,13,17-18,21H,8-9,11-12H2,1-6H3/b14-10+,15-7-,16-13-/t17-,18+/m1/s1. The zero-order chi connectivity index (χ0) is 17.6. The molecule has 1 aliphatic carbocycles. The highest BCUT2D eigenvalue weighted by atomic mass is 16.5. The van der Waals surface area contributed by atoms with Crippen molar-refractivity contribution in [2.24, 2.45) is 5.41 Å². The molecule has 1 rings (SSSR count). The summed E-state index contributed by atoms with van der Waals surface area (Å²) in [5.41, 5.74) is 2.65. The Morgan fingerprint density at radius 1 is 1.39 bits per heavy atom. The second-order valence-electron chi connectivity index (χ2n) is 7.35. The zero-order valence-electron chi connectivity index (χ0n) is 15.5. The van der Waals surface area contributed by atoms with Crippen LogP contribution in [-0.4, -0.2) is 23.3 Å². The number of esters is 1. The van der Waals surface area contributed by atoms with Crippen molar-refractivity contribution in [2.45, 2.75) is 79.4 Å². The fraction of sp³-hybridized carbons (Fsp3) is 0.650. The molecule has 0 aromatic carbocycles. The Bertz CT molecular complexity index is 509. The molecule has 0 unspecified atom stereocenters. The number of aliphatic hydroxyl groups excluding tert-OH is 1. The Kier molecular flexibility index (Phi) is 7.27. The molecule has 0 fully saturated rings. The molecule has 0 saturated carbocycles. The number of aliphatic hydroxyl groups is 1. The minimum absolute atomic E-state index is 0.181. The van der Waals surface area contributed by atoms with E-state index >= 15 is 0 Å². The fourth-order valence-corrected chi connectivity index (χ4v) is 2.63. The summed E-state index contributed by atoms with van der Waals surface area (Å²) in [5, 5.41) is 10.5. The van der Waals surface area contributed by atoms with Crippen LogP contribution in [0.15, 0.2) is 34.9 Å². The van der Waals surface area contributed by atoms with Crippen LogP contribution in [0.1, 0.15) is 67.2 Å². The first-order chi connectivity index (χ1) is 10.7. The predicted octanol–water partition coefficient (Wildman–Crippen LogP) is 4.72. The minimum Gasteiger partial charge on any atom is -0.454 e. The number of carbonyl (C=O) groups is 1. The van der Waals surface area contributed by atoms with Crippen molar-refractivity contribution >= 4 is 5.97 Å². The first-order valence-electron chi connectivity index (χ1n) is 8.53. The highest BCUT2D eigenvalue weighted by molar-refractivity contribution is 5.87. The van der Waals surface area contributed by atoms with Crippen molar-refractivity contribution in [1.29, 1.82) is 0 Å². The van der Waals surface area contributed by atoms with Crippen LogP contribution < -0.4 is 0 Å². The van der Waals surface area contributed by atoms with Crippen molar-refractivity contribution in [1.82, 2.24) is 0 Å². The SMILES string of the molecule is C/C=C(/C)C(=O)O[C@@H]1C/C=C(\C)CCCC(C)(C)[C@@H](O)/C=C\1C. The summed E-state index contributed by atoms with van der Waals surface area (Å²) in [6.45, 7) is 11.8. The van der Waals surface area contributed by atoms with E-state index in [2.05, 4.69) is 26.8 Å². The lowest BCUT2D eigenvalue weighted by molar-refractivity contribution is -0.142. The van der Waals surface area contributed by atoms with E-state index in [9.17, 15) is 9.90 Å². The van der Waals surface area contributed by atoms with E-state index in [0.717, 1.165) is 24.8 Å². The van der Waals surface area contributed by atoms with Crippen LogP contribution in [0.4, 0.5) is 0 Å². The van der Waals surface area contributed by atoms with E-state index in [1.807, 2.05) is 19.9 Å². The zero-order valence-corrected chi connectivity index (χ0v) is 15.5. The lowest BCUT2D eigenvalue weighted by Gasteiger charge is -2.29. The molecule has 0 radical (unpaired) electrons. The summed E-state index contributed by atoms with van der Waals surface area (Å²) >= 11 is 0. The van der Waals surface area contributed by atoms with Crippen molar-refractivity contribution in [3.05, 3.63) is 34.9 Å². The van der Waals surface area contributed by atoms with Gasteiger partial charge in [0.05, 0.1) is 6.10 Å². The number of hydrogen-bond acceptors (Lipinski definition) is 3. The monoisotopic (exact) mass is 320 g/mol. The molecule has 1 aliphatic rings. The molecular formula is C20H32O3. The maximum Gasteiger partial charge on any atom is 0.333 e. The molecule has 0 saturated heterocycles. The number of hydrogen-bond donors (Lipinski definition) is 1. The maximum absolute atomic E-state index is 12.1. The summed E-state index contributed by atoms with van der Waals surface area (Å²) in [6, 6.07) is 0. The normalized spacial score (nSPS) is 31.2. The second-order valence-corrected chi connectivity index (χ2v) is 7.35. The van der Waals surface area contributed by atoms with Gasteiger partial charge in [0.2, 0.25) is 0 Å². The van der Waals surface area contributed by atoms with E-state index in [4.69, 9.17) is 4.74 Å². The Hall–Kier alpha value is -1.35. The van der Waals surface area contributed by atoms with Crippen molar-refractivity contribution in [3.8, 4) is 0 Å². The summed E-state index contributed by atoms with van der Waals surface area (Å²) in [4.78, 5) is 12.1. The van der Waals surface area contributed by atoms with Crippen LogP contribution in [0, 0.1) is 5.41 Å². The third-order valence-electron chi connectivity index (χ3n) is 4.81. The third-order valence-corrected chi connectivity index (χ3v) is 4.81. The Balaban J connectivity index is 3.07. The Morgan fingerprint density at radius 3 is 2.65 bits per heavy atom. The number of carbonyl (C=O) groups excluding carboxylic acids is 1. The maximum atomic E-state index is 12.1. The summed E-state index contributed by atoms with van der Waals surface area (Å²) < 4.78 is 5.66. The highest BCUT2D eigenvalue weighted by Crippen LogP contribution is 2.31. The molecule has 2 atom stereocenters. The molecule has 130 valence electrons. The van der Waals surface area contributed by atoms with Crippen LogP contribution >= 0.6 is 0 Å². The van der Waals surface area contributed by atoms with Gasteiger partial charge in [-0.15, -0.1) is 0 Å². The van der Waals surface area contributed by atoms with Crippen LogP contribution in [0.2, 0.25) is 0 Å². The van der Waals surface area contributed by atoms with Crippen LogP contribution in [0.5, 0.6) is 0 Å². The first kappa shape index (κ1) is 19.7. The fourth-order valence-electron chi connectivity index (χ4n) is 2.63. The molecule has 0 spiro atoms. The minimum atomic E-state index is -0.537. The predicted molar refractivity (Wildman–Crippen MR) is 95.1 cm³/mol. The van der Waals surface area contributed by atoms with Gasteiger partial charge in [0, 0.05) is 12.0 Å². The van der Waals surface area contributed by atoms with Crippen molar-refractivity contribution in [2.75, 3.05) is 0 Å². The van der Waals surface area contributed by atoms with Gasteiger partial charge in [-0.25, -0.2) is 4.79 Å². The Labute approximate surface area is 141 Å². The molecule has 1 N–H and O–H groups in total. The summed E-state index contributed by atoms with van der Waals surface area (Å²) in [7, 11) is 0. The van der Waals surface area contributed by atoms with E-state index in [1.165, 1.54) is 5.57 Å². The lowest BCUT2D eigenvalue weighted by atomic mass is 9.80. The van der Waals surface area contributed by atoms with Gasteiger partial charge in [0.25, 0.3) is 0 Å². The smallest absolute Gasteiger partial charge is 0.333 e. The third kappa shape index (κ3) is 5.98. The number of rotatable bonds is 2. The summed E-state index contributed by atoms with van der Waals surface area (Å²) in [5.74, 6) is -0.292. The van der Waals surface area contributed by atoms with E-state index < -0.39 is 6.10 Å². The van der Waals surface area contributed by atoms with Crippen molar-refractivity contribution < 1.29 is 14.6 Å². The van der Waals surface area contributed by atoms with Gasteiger partial charge in [0.1, 0.15) is 6.10 Å². The van der Waals surface area contributed by atoms with Gasteiger partial charge in [-0.2, -0.15) is 0 Å². The topological polar surface area (TPSA) is 46.5 Å². The molecule has 3 heteroatoms. The van der Waals surface area contributed by atoms with E-state index in [1.54, 1.807) is 13.0 Å². The van der Waals surface area contributed by atoms with Gasteiger partial charge in [-0.1, -0.05) is 37.6 Å². The largest absolute Gasteiger partial charge is 0.454 e. The first-order valence-corrected chi connectivity index (χ1v) is 8.53. The van der Waals surface area contributed by atoms with Gasteiger partial charge >= 0.3 is 5.97 Å². The van der Waals surface area contributed by atoms with Gasteiger partial charge < -0.3 is 9.84 Å². The second kappa shape index (κ2) is 8.49.